The Bertz CT molecular complexity index is 650. The first-order valence-corrected chi connectivity index (χ1v) is 6.31. The van der Waals surface area contributed by atoms with Gasteiger partial charge in [-0.25, -0.2) is 4.99 Å². The zero-order chi connectivity index (χ0) is 15.8. The first-order valence-electron chi connectivity index (χ1n) is 5.06. The monoisotopic (exact) mass is 330 g/mol. The predicted molar refractivity (Wildman–Crippen MR) is 60.4 cm³/mol. The molecule has 0 bridgehead atoms. The molecule has 0 radical (unpaired) electrons. The van der Waals surface area contributed by atoms with Crippen molar-refractivity contribution >= 4 is 27.8 Å². The van der Waals surface area contributed by atoms with E-state index in [1.54, 1.807) is 0 Å². The summed E-state index contributed by atoms with van der Waals surface area (Å²) in [5.74, 6) is -2.95. The molecule has 4 nitrogen and oxygen atoms in total. The number of fused-ring (bicyclic) bond motifs is 1. The number of benzene rings is 1. The second kappa shape index (κ2) is 5.13. The molecule has 1 heterocycles. The maximum atomic E-state index is 12.1. The Balaban J connectivity index is 2.34. The Morgan fingerprint density at radius 2 is 1.86 bits per heavy atom. The third-order valence-corrected chi connectivity index (χ3v) is 3.55. The van der Waals surface area contributed by atoms with Crippen LogP contribution in [0.3, 0.4) is 0 Å². The van der Waals surface area contributed by atoms with Gasteiger partial charge in [0.15, 0.2) is 0 Å². The number of carbonyl (C=O) groups excluding carboxylic acids is 1. The number of halogens is 6. The van der Waals surface area contributed by atoms with Crippen molar-refractivity contribution < 1.29 is 35.9 Å². The number of nitrogens with zero attached hydrogens (tertiary/aromatic N) is 2. The van der Waals surface area contributed by atoms with Gasteiger partial charge in [0.05, 0.1) is 16.1 Å². The van der Waals surface area contributed by atoms with Crippen LogP contribution in [0.2, 0.25) is 0 Å². The number of amides is 1. The Morgan fingerprint density at radius 1 is 1.19 bits per heavy atom. The summed E-state index contributed by atoms with van der Waals surface area (Å²) in [5, 5.41) is 0. The second-order valence-corrected chi connectivity index (χ2v) is 5.08. The molecule has 1 amide bonds. The largest absolute Gasteiger partial charge is 0.573 e. The topological polar surface area (TPSA) is 51.0 Å². The van der Waals surface area contributed by atoms with Gasteiger partial charge in [0.2, 0.25) is 0 Å². The highest BCUT2D eigenvalue weighted by Gasteiger charge is 2.39. The fourth-order valence-electron chi connectivity index (χ4n) is 1.34. The Kier molecular flexibility index (Phi) is 3.78. The maximum Gasteiger partial charge on any atom is 0.573 e. The fraction of sp³-hybridized carbons (Fsp3) is 0.200. The molecule has 1 aromatic rings. The second-order valence-electron chi connectivity index (χ2n) is 3.62. The standard InChI is InChI=1S/C10H4F6N2O2S/c11-9(12,13)8(19)18-21-4-17-6-2-1-5(3-7(6)21)20-10(14,15)16/h1-4H. The van der Waals surface area contributed by atoms with Gasteiger partial charge in [0.25, 0.3) is 0 Å². The number of hydrogen-bond donors (Lipinski definition) is 0. The lowest BCUT2D eigenvalue weighted by molar-refractivity contribution is -0.274. The first kappa shape index (κ1) is 15.5. The van der Waals surface area contributed by atoms with Crippen LogP contribution in [0.4, 0.5) is 32.0 Å². The highest BCUT2D eigenvalue weighted by atomic mass is 32.2. The van der Waals surface area contributed by atoms with E-state index < -0.39 is 34.9 Å². The van der Waals surface area contributed by atoms with Crippen LogP contribution < -0.4 is 4.74 Å². The molecule has 1 aliphatic rings. The molecule has 1 aliphatic heterocycles. The van der Waals surface area contributed by atoms with Gasteiger partial charge in [0.1, 0.15) is 5.75 Å². The van der Waals surface area contributed by atoms with Gasteiger partial charge in [0, 0.05) is 0 Å². The minimum atomic E-state index is -5.15. The van der Waals surface area contributed by atoms with Gasteiger partial charge in [-0.3, -0.25) is 4.79 Å². The molecule has 0 spiro atoms. The summed E-state index contributed by atoms with van der Waals surface area (Å²) < 4.78 is 79.2. The molecule has 1 aromatic carbocycles. The van der Waals surface area contributed by atoms with Crippen LogP contribution in [0.1, 0.15) is 0 Å². The molecular formula is C10H4F6N2O2S. The van der Waals surface area contributed by atoms with Crippen LogP contribution in [-0.4, -0.2) is 24.0 Å². The molecule has 1 atom stereocenters. The number of hydrogen-bond acceptors (Lipinski definition) is 3. The minimum absolute atomic E-state index is 0.0469. The third-order valence-electron chi connectivity index (χ3n) is 2.11. The Hall–Kier alpha value is -1.91. The minimum Gasteiger partial charge on any atom is -0.406 e. The molecule has 0 N–H and O–H groups in total. The molecule has 21 heavy (non-hydrogen) atoms. The quantitative estimate of drug-likeness (QED) is 0.740. The van der Waals surface area contributed by atoms with Gasteiger partial charge in [-0.15, -0.1) is 13.2 Å². The SMILES string of the molecule is O=C(N=S1C=Nc2ccc(OC(F)(F)F)cc21)C(F)(F)F. The van der Waals surface area contributed by atoms with Crippen LogP contribution in [-0.2, 0) is 15.5 Å². The van der Waals surface area contributed by atoms with Crippen LogP contribution in [0.5, 0.6) is 5.75 Å². The Labute approximate surface area is 115 Å². The molecule has 11 heteroatoms. The number of rotatable bonds is 1. The van der Waals surface area contributed by atoms with E-state index in [-0.39, 0.29) is 10.6 Å². The van der Waals surface area contributed by atoms with Gasteiger partial charge < -0.3 is 4.74 Å². The van der Waals surface area contributed by atoms with E-state index in [2.05, 4.69) is 14.1 Å². The van der Waals surface area contributed by atoms with Gasteiger partial charge >= 0.3 is 18.4 Å². The molecule has 114 valence electrons. The van der Waals surface area contributed by atoms with Crippen molar-refractivity contribution in [3.63, 3.8) is 0 Å². The fourth-order valence-corrected chi connectivity index (χ4v) is 2.67. The summed E-state index contributed by atoms with van der Waals surface area (Å²) in [6.45, 7) is 0. The summed E-state index contributed by atoms with van der Waals surface area (Å²) in [6.07, 6.45) is -10.1. The van der Waals surface area contributed by atoms with Crippen molar-refractivity contribution in [3.05, 3.63) is 18.2 Å². The van der Waals surface area contributed by atoms with Crippen molar-refractivity contribution in [3.8, 4) is 5.75 Å². The van der Waals surface area contributed by atoms with Gasteiger partial charge in [-0.05, 0) is 28.9 Å². The molecular weight excluding hydrogens is 326 g/mol. The molecule has 1 unspecified atom stereocenters. The number of carbonyl (C=O) groups is 1. The number of alkyl halides is 6. The van der Waals surface area contributed by atoms with Crippen molar-refractivity contribution in [1.82, 2.24) is 0 Å². The summed E-state index contributed by atoms with van der Waals surface area (Å²) in [7, 11) is -1.70. The normalized spacial score (nSPS) is 17.9. The van der Waals surface area contributed by atoms with Gasteiger partial charge in [-0.1, -0.05) is 0 Å². The van der Waals surface area contributed by atoms with E-state index >= 15 is 0 Å². The number of ether oxygens (including phenoxy) is 1. The highest BCUT2D eigenvalue weighted by molar-refractivity contribution is 8.01. The Morgan fingerprint density at radius 3 is 2.43 bits per heavy atom. The van der Waals surface area contributed by atoms with E-state index in [1.165, 1.54) is 0 Å². The van der Waals surface area contributed by atoms with E-state index in [9.17, 15) is 31.1 Å². The van der Waals surface area contributed by atoms with E-state index in [0.29, 0.717) is 0 Å². The first-order chi connectivity index (χ1) is 9.56. The van der Waals surface area contributed by atoms with Crippen LogP contribution in [0.15, 0.2) is 32.4 Å². The average molecular weight is 330 g/mol. The summed E-state index contributed by atoms with van der Waals surface area (Å²) >= 11 is 0. The summed E-state index contributed by atoms with van der Waals surface area (Å²) in [4.78, 5) is 14.4. The molecule has 0 aliphatic carbocycles. The summed E-state index contributed by atoms with van der Waals surface area (Å²) in [5.41, 5.74) is 1.10. The lowest BCUT2D eigenvalue weighted by Crippen LogP contribution is -2.21. The third kappa shape index (κ3) is 3.80. The van der Waals surface area contributed by atoms with E-state index in [1.807, 2.05) is 0 Å². The molecule has 0 saturated carbocycles. The van der Waals surface area contributed by atoms with Crippen LogP contribution in [0, 0.1) is 0 Å². The predicted octanol–water partition coefficient (Wildman–Crippen LogP) is 3.51. The van der Waals surface area contributed by atoms with Crippen molar-refractivity contribution in [2.24, 2.45) is 9.36 Å². The lowest BCUT2D eigenvalue weighted by atomic mass is 10.3. The average Bonchev–Trinajstić information content (AvgIpc) is 2.69. The molecule has 2 rings (SSSR count). The summed E-state index contributed by atoms with van der Waals surface area (Å²) in [6, 6.07) is 2.95. The smallest absolute Gasteiger partial charge is 0.406 e. The van der Waals surface area contributed by atoms with E-state index in [4.69, 9.17) is 0 Å². The zero-order valence-electron chi connectivity index (χ0n) is 9.70. The van der Waals surface area contributed by atoms with Crippen LogP contribution >= 0.6 is 0 Å². The molecule has 0 fully saturated rings. The maximum absolute atomic E-state index is 12.1. The lowest BCUT2D eigenvalue weighted by Gasteiger charge is -2.10. The van der Waals surface area contributed by atoms with Crippen molar-refractivity contribution in [1.29, 1.82) is 0 Å². The number of aliphatic imine (C=N–C) groups is 1. The molecule has 0 aromatic heterocycles. The van der Waals surface area contributed by atoms with Crippen molar-refractivity contribution in [2.45, 2.75) is 17.4 Å². The van der Waals surface area contributed by atoms with Crippen molar-refractivity contribution in [2.75, 3.05) is 0 Å². The van der Waals surface area contributed by atoms with E-state index in [0.717, 1.165) is 23.7 Å². The van der Waals surface area contributed by atoms with Crippen LogP contribution in [0.25, 0.3) is 0 Å². The van der Waals surface area contributed by atoms with Gasteiger partial charge in [-0.2, -0.15) is 17.5 Å². The zero-order valence-corrected chi connectivity index (χ0v) is 10.5. The molecule has 0 saturated heterocycles. The highest BCUT2D eigenvalue weighted by Crippen LogP contribution is 2.34.